The minimum absolute atomic E-state index is 0.00848. The number of non-ortho nitro benzene ring substituents is 1. The monoisotopic (exact) mass is 259 g/mol. The number of hydrogen-bond acceptors (Lipinski definition) is 4. The lowest BCUT2D eigenvalue weighted by Crippen LogP contribution is -2.38. The van der Waals surface area contributed by atoms with Crippen molar-refractivity contribution in [2.24, 2.45) is 5.92 Å². The fraction of sp³-hybridized carbons (Fsp3) is 0.385. The molecule has 6 nitrogen and oxygen atoms in total. The Kier molecular flexibility index (Phi) is 3.76. The smallest absolute Gasteiger partial charge is 0.270 e. The third-order valence-electron chi connectivity index (χ3n) is 3.27. The Morgan fingerprint density at radius 3 is 2.68 bits per heavy atom. The van der Waals surface area contributed by atoms with Crippen LogP contribution in [-0.4, -0.2) is 28.8 Å². The van der Waals surface area contributed by atoms with Crippen molar-refractivity contribution in [2.75, 3.05) is 13.1 Å². The number of piperidine rings is 1. The average Bonchev–Trinajstić information content (AvgIpc) is 2.46. The van der Waals surface area contributed by atoms with Gasteiger partial charge in [-0.1, -0.05) is 6.07 Å². The third kappa shape index (κ3) is 2.88. The van der Waals surface area contributed by atoms with Crippen molar-refractivity contribution < 1.29 is 9.72 Å². The lowest BCUT2D eigenvalue weighted by atomic mass is 9.98. The molecule has 0 radical (unpaired) electrons. The molecule has 1 aliphatic rings. The molecular formula is C13H13N3O3. The number of benzene rings is 1. The van der Waals surface area contributed by atoms with Gasteiger partial charge in [-0.2, -0.15) is 5.26 Å². The summed E-state index contributed by atoms with van der Waals surface area (Å²) in [6.45, 7) is 1.06. The second kappa shape index (κ2) is 5.48. The number of likely N-dealkylation sites (tertiary alicyclic amines) is 1. The molecule has 0 saturated carbocycles. The van der Waals surface area contributed by atoms with Crippen molar-refractivity contribution in [1.29, 1.82) is 5.26 Å². The Labute approximate surface area is 110 Å². The van der Waals surface area contributed by atoms with Gasteiger partial charge in [-0.3, -0.25) is 14.9 Å². The summed E-state index contributed by atoms with van der Waals surface area (Å²) in [5.74, 6) is -0.200. The predicted molar refractivity (Wildman–Crippen MR) is 67.3 cm³/mol. The number of carbonyl (C=O) groups excluding carboxylic acids is 1. The van der Waals surface area contributed by atoms with Crippen LogP contribution in [0.4, 0.5) is 5.69 Å². The Bertz CT molecular complexity index is 542. The summed E-state index contributed by atoms with van der Waals surface area (Å²) in [5, 5.41) is 19.5. The van der Waals surface area contributed by atoms with E-state index in [2.05, 4.69) is 6.07 Å². The van der Waals surface area contributed by atoms with E-state index in [1.54, 1.807) is 11.0 Å². The predicted octanol–water partition coefficient (Wildman–Crippen LogP) is 1.97. The molecule has 6 heteroatoms. The molecule has 1 aromatic carbocycles. The van der Waals surface area contributed by atoms with Crippen LogP contribution in [0.3, 0.4) is 0 Å². The van der Waals surface area contributed by atoms with E-state index in [0.29, 0.717) is 31.5 Å². The molecule has 0 aliphatic carbocycles. The molecule has 2 rings (SSSR count). The van der Waals surface area contributed by atoms with E-state index in [0.717, 1.165) is 0 Å². The van der Waals surface area contributed by atoms with Crippen LogP contribution in [-0.2, 0) is 0 Å². The number of rotatable bonds is 2. The summed E-state index contributed by atoms with van der Waals surface area (Å²) < 4.78 is 0. The average molecular weight is 259 g/mol. The first-order valence-electron chi connectivity index (χ1n) is 6.05. The molecule has 1 saturated heterocycles. The molecule has 0 atom stereocenters. The molecule has 0 N–H and O–H groups in total. The Morgan fingerprint density at radius 1 is 1.42 bits per heavy atom. The molecule has 1 fully saturated rings. The van der Waals surface area contributed by atoms with E-state index in [4.69, 9.17) is 5.26 Å². The van der Waals surface area contributed by atoms with Gasteiger partial charge in [-0.15, -0.1) is 0 Å². The van der Waals surface area contributed by atoms with Crippen molar-refractivity contribution in [3.05, 3.63) is 39.9 Å². The van der Waals surface area contributed by atoms with Gasteiger partial charge in [0, 0.05) is 36.7 Å². The number of nitriles is 1. The minimum Gasteiger partial charge on any atom is -0.339 e. The van der Waals surface area contributed by atoms with E-state index in [1.165, 1.54) is 18.2 Å². The summed E-state index contributed by atoms with van der Waals surface area (Å²) >= 11 is 0. The van der Waals surface area contributed by atoms with Crippen LogP contribution in [0.5, 0.6) is 0 Å². The Morgan fingerprint density at radius 2 is 2.11 bits per heavy atom. The SMILES string of the molecule is N#CC1CCN(C(=O)c2cccc([N+](=O)[O-])c2)CC1. The molecule has 1 aliphatic heterocycles. The number of amides is 1. The highest BCUT2D eigenvalue weighted by Gasteiger charge is 2.24. The molecule has 0 bridgehead atoms. The van der Waals surface area contributed by atoms with Gasteiger partial charge in [0.25, 0.3) is 11.6 Å². The Hall–Kier alpha value is -2.42. The molecule has 1 heterocycles. The zero-order chi connectivity index (χ0) is 13.8. The van der Waals surface area contributed by atoms with E-state index >= 15 is 0 Å². The van der Waals surface area contributed by atoms with E-state index in [-0.39, 0.29) is 17.5 Å². The molecular weight excluding hydrogens is 246 g/mol. The first kappa shape index (κ1) is 13.0. The van der Waals surface area contributed by atoms with Gasteiger partial charge in [0.05, 0.1) is 11.0 Å². The van der Waals surface area contributed by atoms with Gasteiger partial charge in [-0.05, 0) is 18.9 Å². The summed E-state index contributed by atoms with van der Waals surface area (Å²) in [4.78, 5) is 24.0. The van der Waals surface area contributed by atoms with Gasteiger partial charge in [-0.25, -0.2) is 0 Å². The van der Waals surface area contributed by atoms with Crippen LogP contribution in [0.2, 0.25) is 0 Å². The lowest BCUT2D eigenvalue weighted by molar-refractivity contribution is -0.384. The molecule has 98 valence electrons. The van der Waals surface area contributed by atoms with Crippen molar-refractivity contribution in [1.82, 2.24) is 4.90 Å². The van der Waals surface area contributed by atoms with Crippen molar-refractivity contribution >= 4 is 11.6 Å². The van der Waals surface area contributed by atoms with Crippen LogP contribution < -0.4 is 0 Å². The van der Waals surface area contributed by atoms with Crippen molar-refractivity contribution in [3.8, 4) is 6.07 Å². The van der Waals surface area contributed by atoms with Crippen LogP contribution >= 0.6 is 0 Å². The zero-order valence-electron chi connectivity index (χ0n) is 10.3. The van der Waals surface area contributed by atoms with E-state index < -0.39 is 4.92 Å². The maximum atomic E-state index is 12.2. The van der Waals surface area contributed by atoms with E-state index in [9.17, 15) is 14.9 Å². The highest BCUT2D eigenvalue weighted by molar-refractivity contribution is 5.94. The standard InChI is InChI=1S/C13H13N3O3/c14-9-10-4-6-15(7-5-10)13(17)11-2-1-3-12(8-11)16(18)19/h1-3,8,10H,4-7H2. The minimum atomic E-state index is -0.515. The largest absolute Gasteiger partial charge is 0.339 e. The second-order valence-electron chi connectivity index (χ2n) is 4.50. The molecule has 0 aromatic heterocycles. The molecule has 1 amide bonds. The third-order valence-corrected chi connectivity index (χ3v) is 3.27. The maximum absolute atomic E-state index is 12.2. The van der Waals surface area contributed by atoms with Gasteiger partial charge >= 0.3 is 0 Å². The van der Waals surface area contributed by atoms with Crippen LogP contribution in [0.15, 0.2) is 24.3 Å². The summed E-state index contributed by atoms with van der Waals surface area (Å²) in [6, 6.07) is 7.93. The second-order valence-corrected chi connectivity index (χ2v) is 4.50. The van der Waals surface area contributed by atoms with Gasteiger partial charge in [0.15, 0.2) is 0 Å². The highest BCUT2D eigenvalue weighted by atomic mass is 16.6. The molecule has 0 spiro atoms. The van der Waals surface area contributed by atoms with Crippen LogP contribution in [0.25, 0.3) is 0 Å². The van der Waals surface area contributed by atoms with Gasteiger partial charge in [0.2, 0.25) is 0 Å². The number of nitro groups is 1. The summed E-state index contributed by atoms with van der Waals surface area (Å²) in [5.41, 5.74) is 0.238. The zero-order valence-corrected chi connectivity index (χ0v) is 10.3. The quantitative estimate of drug-likeness (QED) is 0.600. The number of nitro benzene ring substituents is 1. The first-order chi connectivity index (χ1) is 9.11. The summed E-state index contributed by atoms with van der Waals surface area (Å²) in [6.07, 6.45) is 1.33. The van der Waals surface area contributed by atoms with Crippen molar-refractivity contribution in [3.63, 3.8) is 0 Å². The Balaban J connectivity index is 2.10. The fourth-order valence-corrected chi connectivity index (χ4v) is 2.15. The molecule has 1 aromatic rings. The lowest BCUT2D eigenvalue weighted by Gasteiger charge is -2.29. The summed E-state index contributed by atoms with van der Waals surface area (Å²) in [7, 11) is 0. The van der Waals surface area contributed by atoms with Crippen molar-refractivity contribution in [2.45, 2.75) is 12.8 Å². The van der Waals surface area contributed by atoms with E-state index in [1.807, 2.05) is 0 Å². The molecule has 19 heavy (non-hydrogen) atoms. The number of hydrogen-bond donors (Lipinski definition) is 0. The first-order valence-corrected chi connectivity index (χ1v) is 6.05. The normalized spacial score (nSPS) is 15.8. The van der Waals surface area contributed by atoms with Crippen LogP contribution in [0, 0.1) is 27.4 Å². The highest BCUT2D eigenvalue weighted by Crippen LogP contribution is 2.20. The number of carbonyl (C=O) groups is 1. The van der Waals surface area contributed by atoms with Crippen LogP contribution in [0.1, 0.15) is 23.2 Å². The maximum Gasteiger partial charge on any atom is 0.270 e. The van der Waals surface area contributed by atoms with Gasteiger partial charge < -0.3 is 4.90 Å². The van der Waals surface area contributed by atoms with Gasteiger partial charge in [0.1, 0.15) is 0 Å². The molecule has 0 unspecified atom stereocenters. The topological polar surface area (TPSA) is 87.2 Å². The number of nitrogens with zero attached hydrogens (tertiary/aromatic N) is 3. The fourth-order valence-electron chi connectivity index (χ4n) is 2.15.